The highest BCUT2D eigenvalue weighted by molar-refractivity contribution is 5.41. The molecule has 0 radical (unpaired) electrons. The fourth-order valence-electron chi connectivity index (χ4n) is 1.93. The summed E-state index contributed by atoms with van der Waals surface area (Å²) in [6.45, 7) is 4.17. The van der Waals surface area contributed by atoms with E-state index < -0.39 is 0 Å². The van der Waals surface area contributed by atoms with Gasteiger partial charge in [-0.1, -0.05) is 13.0 Å². The van der Waals surface area contributed by atoms with Gasteiger partial charge in [0.1, 0.15) is 0 Å². The number of hydrogen-bond acceptors (Lipinski definition) is 3. The summed E-state index contributed by atoms with van der Waals surface area (Å²) in [5, 5.41) is 13.0. The van der Waals surface area contributed by atoms with Gasteiger partial charge in [0.15, 0.2) is 11.5 Å². The van der Waals surface area contributed by atoms with Crippen molar-refractivity contribution in [3.05, 3.63) is 23.8 Å². The minimum atomic E-state index is 0.210. The summed E-state index contributed by atoms with van der Waals surface area (Å²) in [5.41, 5.74) is 1.09. The number of phenols is 1. The third kappa shape index (κ3) is 2.67. The van der Waals surface area contributed by atoms with E-state index in [9.17, 15) is 5.11 Å². The maximum Gasteiger partial charge on any atom is 0.160 e. The average Bonchev–Trinajstić information content (AvgIpc) is 2.95. The van der Waals surface area contributed by atoms with Crippen molar-refractivity contribution in [2.75, 3.05) is 13.7 Å². The van der Waals surface area contributed by atoms with Crippen molar-refractivity contribution in [2.24, 2.45) is 11.8 Å². The summed E-state index contributed by atoms with van der Waals surface area (Å²) in [6.07, 6.45) is 1.35. The Morgan fingerprint density at radius 1 is 1.50 bits per heavy atom. The third-order valence-corrected chi connectivity index (χ3v) is 3.26. The Morgan fingerprint density at radius 3 is 2.81 bits per heavy atom. The molecule has 0 amide bonds. The topological polar surface area (TPSA) is 41.5 Å². The number of phenolic OH excluding ortho intramolecular Hbond substituents is 1. The molecule has 3 nitrogen and oxygen atoms in total. The molecule has 1 saturated carbocycles. The molecule has 2 rings (SSSR count). The van der Waals surface area contributed by atoms with E-state index in [4.69, 9.17) is 4.74 Å². The van der Waals surface area contributed by atoms with Crippen molar-refractivity contribution in [3.63, 3.8) is 0 Å². The number of rotatable bonds is 5. The Balaban J connectivity index is 1.82. The first-order chi connectivity index (χ1) is 7.70. The van der Waals surface area contributed by atoms with Gasteiger partial charge >= 0.3 is 0 Å². The first-order valence-electron chi connectivity index (χ1n) is 5.77. The van der Waals surface area contributed by atoms with Gasteiger partial charge in [-0.05, 0) is 42.5 Å². The monoisotopic (exact) mass is 221 g/mol. The van der Waals surface area contributed by atoms with Crippen molar-refractivity contribution in [2.45, 2.75) is 19.9 Å². The highest BCUT2D eigenvalue weighted by atomic mass is 16.5. The van der Waals surface area contributed by atoms with E-state index in [1.54, 1.807) is 19.2 Å². The second kappa shape index (κ2) is 4.74. The zero-order valence-electron chi connectivity index (χ0n) is 9.86. The molecule has 1 aliphatic rings. The maximum absolute atomic E-state index is 9.60. The van der Waals surface area contributed by atoms with Gasteiger partial charge in [0.2, 0.25) is 0 Å². The van der Waals surface area contributed by atoms with Crippen LogP contribution in [0.1, 0.15) is 18.9 Å². The van der Waals surface area contributed by atoms with Gasteiger partial charge in [-0.25, -0.2) is 0 Å². The van der Waals surface area contributed by atoms with Gasteiger partial charge in [-0.3, -0.25) is 0 Å². The molecule has 1 aromatic rings. The van der Waals surface area contributed by atoms with Crippen molar-refractivity contribution in [1.82, 2.24) is 5.32 Å². The predicted molar refractivity (Wildman–Crippen MR) is 63.6 cm³/mol. The molecule has 16 heavy (non-hydrogen) atoms. The molecule has 1 aliphatic carbocycles. The molecule has 0 aromatic heterocycles. The number of aromatic hydroxyl groups is 1. The lowest BCUT2D eigenvalue weighted by molar-refractivity contribution is 0.373. The van der Waals surface area contributed by atoms with Gasteiger partial charge < -0.3 is 15.2 Å². The first kappa shape index (κ1) is 11.3. The minimum absolute atomic E-state index is 0.210. The van der Waals surface area contributed by atoms with E-state index in [1.165, 1.54) is 6.42 Å². The summed E-state index contributed by atoms with van der Waals surface area (Å²) < 4.78 is 5.00. The van der Waals surface area contributed by atoms with Crippen molar-refractivity contribution >= 4 is 0 Å². The number of nitrogens with one attached hydrogen (secondary N) is 1. The highest BCUT2D eigenvalue weighted by Crippen LogP contribution is 2.36. The fourth-order valence-corrected chi connectivity index (χ4v) is 1.93. The SMILES string of the molecule is COc1ccc(CNCC2CC2C)cc1O. The molecule has 3 heteroatoms. The summed E-state index contributed by atoms with van der Waals surface area (Å²) in [6, 6.07) is 5.52. The van der Waals surface area contributed by atoms with Crippen LogP contribution in [0.5, 0.6) is 11.5 Å². The molecule has 1 fully saturated rings. The molecule has 0 spiro atoms. The zero-order chi connectivity index (χ0) is 11.5. The van der Waals surface area contributed by atoms with Gasteiger partial charge in [-0.2, -0.15) is 0 Å². The normalized spacial score (nSPS) is 23.1. The summed E-state index contributed by atoms with van der Waals surface area (Å²) in [5.74, 6) is 2.48. The van der Waals surface area contributed by atoms with Crippen LogP contribution in [0, 0.1) is 11.8 Å². The lowest BCUT2D eigenvalue weighted by atomic mass is 10.2. The molecule has 0 heterocycles. The molecular formula is C13H19NO2. The minimum Gasteiger partial charge on any atom is -0.504 e. The second-order valence-corrected chi connectivity index (χ2v) is 4.61. The van der Waals surface area contributed by atoms with Gasteiger partial charge in [0, 0.05) is 6.54 Å². The van der Waals surface area contributed by atoms with Crippen LogP contribution in [-0.4, -0.2) is 18.8 Å². The molecular weight excluding hydrogens is 202 g/mol. The summed E-state index contributed by atoms with van der Waals surface area (Å²) in [7, 11) is 1.56. The van der Waals surface area contributed by atoms with Crippen LogP contribution in [0.2, 0.25) is 0 Å². The molecule has 2 atom stereocenters. The van der Waals surface area contributed by atoms with Crippen LogP contribution in [0.15, 0.2) is 18.2 Å². The molecule has 1 aromatic carbocycles. The number of hydrogen-bond donors (Lipinski definition) is 2. The van der Waals surface area contributed by atoms with Gasteiger partial charge in [0.05, 0.1) is 7.11 Å². The Hall–Kier alpha value is -1.22. The lowest BCUT2D eigenvalue weighted by Crippen LogP contribution is -2.16. The lowest BCUT2D eigenvalue weighted by Gasteiger charge is -2.07. The predicted octanol–water partition coefficient (Wildman–Crippen LogP) is 2.15. The Labute approximate surface area is 96.4 Å². The second-order valence-electron chi connectivity index (χ2n) is 4.61. The van der Waals surface area contributed by atoms with Crippen molar-refractivity contribution in [3.8, 4) is 11.5 Å². The smallest absolute Gasteiger partial charge is 0.160 e. The van der Waals surface area contributed by atoms with Gasteiger partial charge in [0.25, 0.3) is 0 Å². The number of benzene rings is 1. The van der Waals surface area contributed by atoms with E-state index in [0.29, 0.717) is 5.75 Å². The van der Waals surface area contributed by atoms with E-state index in [0.717, 1.165) is 30.5 Å². The van der Waals surface area contributed by atoms with E-state index in [1.807, 2.05) is 6.07 Å². The van der Waals surface area contributed by atoms with Crippen molar-refractivity contribution in [1.29, 1.82) is 0 Å². The number of methoxy groups -OCH3 is 1. The standard InChI is InChI=1S/C13H19NO2/c1-9-5-11(9)8-14-7-10-3-4-13(16-2)12(15)6-10/h3-4,6,9,11,14-15H,5,7-8H2,1-2H3. The van der Waals surface area contributed by atoms with E-state index >= 15 is 0 Å². The Kier molecular flexibility index (Phi) is 3.34. The van der Waals surface area contributed by atoms with Crippen LogP contribution < -0.4 is 10.1 Å². The Morgan fingerprint density at radius 2 is 2.25 bits per heavy atom. The zero-order valence-corrected chi connectivity index (χ0v) is 9.86. The number of ether oxygens (including phenoxy) is 1. The van der Waals surface area contributed by atoms with Crippen molar-refractivity contribution < 1.29 is 9.84 Å². The first-order valence-corrected chi connectivity index (χ1v) is 5.77. The van der Waals surface area contributed by atoms with Gasteiger partial charge in [-0.15, -0.1) is 0 Å². The third-order valence-electron chi connectivity index (χ3n) is 3.26. The summed E-state index contributed by atoms with van der Waals surface area (Å²) in [4.78, 5) is 0. The van der Waals surface area contributed by atoms with Crippen LogP contribution in [-0.2, 0) is 6.54 Å². The molecule has 0 aliphatic heterocycles. The Bertz CT molecular complexity index is 365. The molecule has 0 saturated heterocycles. The quantitative estimate of drug-likeness (QED) is 0.800. The fraction of sp³-hybridized carbons (Fsp3) is 0.538. The molecule has 88 valence electrons. The highest BCUT2D eigenvalue weighted by Gasteiger charge is 2.31. The van der Waals surface area contributed by atoms with Crippen LogP contribution in [0.4, 0.5) is 0 Å². The molecule has 2 unspecified atom stereocenters. The van der Waals surface area contributed by atoms with E-state index in [2.05, 4.69) is 12.2 Å². The average molecular weight is 221 g/mol. The van der Waals surface area contributed by atoms with Crippen LogP contribution in [0.3, 0.4) is 0 Å². The van der Waals surface area contributed by atoms with Crippen LogP contribution >= 0.6 is 0 Å². The molecule has 2 N–H and O–H groups in total. The maximum atomic E-state index is 9.60. The summed E-state index contributed by atoms with van der Waals surface area (Å²) >= 11 is 0. The van der Waals surface area contributed by atoms with E-state index in [-0.39, 0.29) is 5.75 Å². The van der Waals surface area contributed by atoms with Crippen LogP contribution in [0.25, 0.3) is 0 Å². The molecule has 0 bridgehead atoms. The largest absolute Gasteiger partial charge is 0.504 e.